The van der Waals surface area contributed by atoms with Crippen LogP contribution in [0.15, 0.2) is 30.9 Å². The molecule has 0 fully saturated rings. The third kappa shape index (κ3) is 4.25. The predicted octanol–water partition coefficient (Wildman–Crippen LogP) is 2.61. The standard InChI is InChI=1S/C13H14F4N4/c1-9(6-21-8-18-7-20-21)19-5-10-2-3-11(14)4-12(10)13(15,16)17/h2-4,7-9,19H,5-6H2,1H3/t9-/m0/s1. The van der Waals surface area contributed by atoms with Gasteiger partial charge in [0.05, 0.1) is 12.1 Å². The summed E-state index contributed by atoms with van der Waals surface area (Å²) in [4.78, 5) is 3.78. The molecule has 0 amide bonds. The fourth-order valence-corrected chi connectivity index (χ4v) is 1.92. The molecule has 2 rings (SSSR count). The fourth-order valence-electron chi connectivity index (χ4n) is 1.92. The SMILES string of the molecule is C[C@@H](Cn1cncn1)NCc1ccc(F)cc1C(F)(F)F. The molecule has 1 aromatic carbocycles. The van der Waals surface area contributed by atoms with Gasteiger partial charge in [-0.3, -0.25) is 4.68 Å². The van der Waals surface area contributed by atoms with E-state index in [-0.39, 0.29) is 18.2 Å². The molecular weight excluding hydrogens is 288 g/mol. The fraction of sp³-hybridized carbons (Fsp3) is 0.385. The van der Waals surface area contributed by atoms with E-state index in [1.807, 2.05) is 6.92 Å². The summed E-state index contributed by atoms with van der Waals surface area (Å²) in [6, 6.07) is 2.57. The van der Waals surface area contributed by atoms with Crippen LogP contribution < -0.4 is 5.32 Å². The molecular formula is C13H14F4N4. The van der Waals surface area contributed by atoms with Crippen LogP contribution in [0.3, 0.4) is 0 Å². The van der Waals surface area contributed by atoms with Crippen molar-refractivity contribution >= 4 is 0 Å². The summed E-state index contributed by atoms with van der Waals surface area (Å²) in [5, 5.41) is 6.87. The molecule has 0 saturated heterocycles. The van der Waals surface area contributed by atoms with Crippen molar-refractivity contribution in [1.82, 2.24) is 20.1 Å². The molecule has 2 aromatic rings. The summed E-state index contributed by atoms with van der Waals surface area (Å²) < 4.78 is 53.1. The van der Waals surface area contributed by atoms with Crippen molar-refractivity contribution in [3.63, 3.8) is 0 Å². The average Bonchev–Trinajstić information content (AvgIpc) is 2.89. The monoisotopic (exact) mass is 302 g/mol. The zero-order valence-corrected chi connectivity index (χ0v) is 11.2. The minimum Gasteiger partial charge on any atom is -0.308 e. The third-order valence-corrected chi connectivity index (χ3v) is 2.95. The molecule has 0 aliphatic carbocycles. The molecule has 0 unspecified atom stereocenters. The van der Waals surface area contributed by atoms with Crippen LogP contribution in [0.5, 0.6) is 0 Å². The summed E-state index contributed by atoms with van der Waals surface area (Å²) in [6.07, 6.45) is -1.67. The lowest BCUT2D eigenvalue weighted by Crippen LogP contribution is -2.31. The largest absolute Gasteiger partial charge is 0.416 e. The number of nitrogens with zero attached hydrogens (tertiary/aromatic N) is 3. The van der Waals surface area contributed by atoms with Gasteiger partial charge >= 0.3 is 6.18 Å². The molecule has 1 N–H and O–H groups in total. The first-order chi connectivity index (χ1) is 9.86. The highest BCUT2D eigenvalue weighted by Crippen LogP contribution is 2.32. The van der Waals surface area contributed by atoms with Crippen molar-refractivity contribution in [2.75, 3.05) is 0 Å². The van der Waals surface area contributed by atoms with E-state index >= 15 is 0 Å². The van der Waals surface area contributed by atoms with E-state index in [9.17, 15) is 17.6 Å². The molecule has 4 nitrogen and oxygen atoms in total. The van der Waals surface area contributed by atoms with Crippen molar-refractivity contribution in [3.8, 4) is 0 Å². The quantitative estimate of drug-likeness (QED) is 0.863. The Kier molecular flexibility index (Phi) is 4.56. The van der Waals surface area contributed by atoms with Gasteiger partial charge in [0.1, 0.15) is 18.5 Å². The molecule has 21 heavy (non-hydrogen) atoms. The van der Waals surface area contributed by atoms with Crippen molar-refractivity contribution in [2.24, 2.45) is 0 Å². The molecule has 1 atom stereocenters. The highest BCUT2D eigenvalue weighted by Gasteiger charge is 2.33. The van der Waals surface area contributed by atoms with Crippen LogP contribution in [-0.4, -0.2) is 20.8 Å². The predicted molar refractivity (Wildman–Crippen MR) is 67.7 cm³/mol. The van der Waals surface area contributed by atoms with E-state index in [1.165, 1.54) is 12.7 Å². The second kappa shape index (κ2) is 6.21. The van der Waals surface area contributed by atoms with Gasteiger partial charge < -0.3 is 5.32 Å². The molecule has 8 heteroatoms. The average molecular weight is 302 g/mol. The van der Waals surface area contributed by atoms with E-state index in [0.29, 0.717) is 12.6 Å². The normalized spacial score (nSPS) is 13.4. The van der Waals surface area contributed by atoms with Crippen LogP contribution >= 0.6 is 0 Å². The van der Waals surface area contributed by atoms with Crippen LogP contribution in [0.25, 0.3) is 0 Å². The van der Waals surface area contributed by atoms with Gasteiger partial charge in [-0.2, -0.15) is 18.3 Å². The zero-order valence-electron chi connectivity index (χ0n) is 11.2. The first-order valence-electron chi connectivity index (χ1n) is 6.27. The number of hydrogen-bond acceptors (Lipinski definition) is 3. The van der Waals surface area contributed by atoms with Gasteiger partial charge in [-0.1, -0.05) is 6.07 Å². The van der Waals surface area contributed by atoms with Crippen molar-refractivity contribution < 1.29 is 17.6 Å². The summed E-state index contributed by atoms with van der Waals surface area (Å²) >= 11 is 0. The van der Waals surface area contributed by atoms with Crippen LogP contribution in [0, 0.1) is 5.82 Å². The molecule has 114 valence electrons. The van der Waals surface area contributed by atoms with Crippen molar-refractivity contribution in [1.29, 1.82) is 0 Å². The lowest BCUT2D eigenvalue weighted by molar-refractivity contribution is -0.138. The number of halogens is 4. The van der Waals surface area contributed by atoms with Gasteiger partial charge in [-0.05, 0) is 24.6 Å². The van der Waals surface area contributed by atoms with Crippen molar-refractivity contribution in [2.45, 2.75) is 32.2 Å². The Morgan fingerprint density at radius 3 is 2.71 bits per heavy atom. The maximum absolute atomic E-state index is 13.0. The van der Waals surface area contributed by atoms with Gasteiger partial charge in [-0.15, -0.1) is 0 Å². The minimum atomic E-state index is -4.58. The Labute approximate surface area is 118 Å². The summed E-state index contributed by atoms with van der Waals surface area (Å²) in [5.41, 5.74) is -0.947. The number of nitrogens with one attached hydrogen (secondary N) is 1. The minimum absolute atomic E-state index is 0.00865. The van der Waals surface area contributed by atoms with Crippen LogP contribution in [-0.2, 0) is 19.3 Å². The van der Waals surface area contributed by atoms with Crippen molar-refractivity contribution in [3.05, 3.63) is 47.8 Å². The first kappa shape index (κ1) is 15.4. The molecule has 0 aliphatic rings. The van der Waals surface area contributed by atoms with Gasteiger partial charge in [0.15, 0.2) is 0 Å². The van der Waals surface area contributed by atoms with Crippen LogP contribution in [0.1, 0.15) is 18.1 Å². The Morgan fingerprint density at radius 1 is 1.33 bits per heavy atom. The number of hydrogen-bond donors (Lipinski definition) is 1. The Bertz CT molecular complexity index is 580. The lowest BCUT2D eigenvalue weighted by Gasteiger charge is -2.17. The van der Waals surface area contributed by atoms with Crippen LogP contribution in [0.2, 0.25) is 0 Å². The van der Waals surface area contributed by atoms with Gasteiger partial charge in [0.25, 0.3) is 0 Å². The Hall–Kier alpha value is -1.96. The van der Waals surface area contributed by atoms with E-state index in [0.717, 1.165) is 12.1 Å². The molecule has 0 aliphatic heterocycles. The van der Waals surface area contributed by atoms with E-state index in [1.54, 1.807) is 4.68 Å². The van der Waals surface area contributed by atoms with Gasteiger partial charge in [0.2, 0.25) is 0 Å². The molecule has 0 bridgehead atoms. The molecule has 0 radical (unpaired) electrons. The first-order valence-corrected chi connectivity index (χ1v) is 6.27. The number of benzene rings is 1. The second-order valence-corrected chi connectivity index (χ2v) is 4.70. The van der Waals surface area contributed by atoms with E-state index in [4.69, 9.17) is 0 Å². The molecule has 0 spiro atoms. The topological polar surface area (TPSA) is 42.7 Å². The van der Waals surface area contributed by atoms with Crippen LogP contribution in [0.4, 0.5) is 17.6 Å². The number of alkyl halides is 3. The highest BCUT2D eigenvalue weighted by molar-refractivity contribution is 5.30. The molecule has 1 aromatic heterocycles. The molecule has 1 heterocycles. The maximum Gasteiger partial charge on any atom is 0.416 e. The van der Waals surface area contributed by atoms with E-state index < -0.39 is 17.6 Å². The Balaban J connectivity index is 2.03. The third-order valence-electron chi connectivity index (χ3n) is 2.95. The highest BCUT2D eigenvalue weighted by atomic mass is 19.4. The van der Waals surface area contributed by atoms with Gasteiger partial charge in [-0.25, -0.2) is 9.37 Å². The second-order valence-electron chi connectivity index (χ2n) is 4.70. The summed E-state index contributed by atoms with van der Waals surface area (Å²) in [6.45, 7) is 2.28. The maximum atomic E-state index is 13.0. The lowest BCUT2D eigenvalue weighted by atomic mass is 10.1. The van der Waals surface area contributed by atoms with E-state index in [2.05, 4.69) is 15.4 Å². The number of rotatable bonds is 5. The smallest absolute Gasteiger partial charge is 0.308 e. The summed E-state index contributed by atoms with van der Waals surface area (Å²) in [5.74, 6) is -0.901. The summed E-state index contributed by atoms with van der Waals surface area (Å²) in [7, 11) is 0. The Morgan fingerprint density at radius 2 is 2.10 bits per heavy atom. The van der Waals surface area contributed by atoms with Gasteiger partial charge in [0, 0.05) is 12.6 Å². The number of aromatic nitrogens is 3. The molecule has 0 saturated carbocycles. The zero-order chi connectivity index (χ0) is 15.5.